The van der Waals surface area contributed by atoms with Crippen molar-refractivity contribution in [2.24, 2.45) is 0 Å². The molecule has 0 aliphatic carbocycles. The molecule has 0 N–H and O–H groups in total. The quantitative estimate of drug-likeness (QED) is 0.764. The highest BCUT2D eigenvalue weighted by atomic mass is 19.2. The number of benzene rings is 1. The minimum atomic E-state index is -1.52. The maximum atomic E-state index is 13.1. The summed E-state index contributed by atoms with van der Waals surface area (Å²) in [6.07, 6.45) is -1.33. The largest absolute Gasteiger partial charge is 0.439 e. The standard InChI is InChI=1S/C12H12F3NO2/c1-3-16-6(2)11(18-12(16)17)7-4-8(13)10(15)9(14)5-7/h4-6,11H,3H2,1-2H3/t6-,11-/m0/s1. The second-order valence-electron chi connectivity index (χ2n) is 4.13. The summed E-state index contributed by atoms with van der Waals surface area (Å²) in [5.74, 6) is -4.10. The van der Waals surface area contributed by atoms with Crippen LogP contribution in [-0.4, -0.2) is 23.6 Å². The van der Waals surface area contributed by atoms with Crippen molar-refractivity contribution in [1.29, 1.82) is 0 Å². The van der Waals surface area contributed by atoms with E-state index in [2.05, 4.69) is 0 Å². The van der Waals surface area contributed by atoms with E-state index in [-0.39, 0.29) is 11.6 Å². The van der Waals surface area contributed by atoms with E-state index >= 15 is 0 Å². The first-order valence-electron chi connectivity index (χ1n) is 5.57. The summed E-state index contributed by atoms with van der Waals surface area (Å²) >= 11 is 0. The molecule has 0 unspecified atom stereocenters. The molecular formula is C12H12F3NO2. The monoisotopic (exact) mass is 259 g/mol. The first kappa shape index (κ1) is 12.7. The van der Waals surface area contributed by atoms with Crippen molar-refractivity contribution in [3.63, 3.8) is 0 Å². The van der Waals surface area contributed by atoms with Crippen molar-refractivity contribution in [3.05, 3.63) is 35.1 Å². The van der Waals surface area contributed by atoms with Crippen molar-refractivity contribution < 1.29 is 22.7 Å². The van der Waals surface area contributed by atoms with Crippen molar-refractivity contribution >= 4 is 6.09 Å². The van der Waals surface area contributed by atoms with Gasteiger partial charge in [-0.25, -0.2) is 18.0 Å². The van der Waals surface area contributed by atoms with Gasteiger partial charge in [0, 0.05) is 12.1 Å². The number of rotatable bonds is 2. The second-order valence-corrected chi connectivity index (χ2v) is 4.13. The molecule has 0 spiro atoms. The van der Waals surface area contributed by atoms with Crippen molar-refractivity contribution in [3.8, 4) is 0 Å². The van der Waals surface area contributed by atoms with Gasteiger partial charge in [0.05, 0.1) is 6.04 Å². The topological polar surface area (TPSA) is 29.5 Å². The SMILES string of the molecule is CCN1C(=O)O[C@H](c2cc(F)c(F)c(F)c2)[C@@H]1C. The average molecular weight is 259 g/mol. The van der Waals surface area contributed by atoms with Crippen LogP contribution in [0, 0.1) is 17.5 Å². The van der Waals surface area contributed by atoms with Gasteiger partial charge in [-0.3, -0.25) is 0 Å². The molecule has 18 heavy (non-hydrogen) atoms. The Balaban J connectivity index is 2.36. The molecule has 1 fully saturated rings. The maximum Gasteiger partial charge on any atom is 0.410 e. The number of amides is 1. The van der Waals surface area contributed by atoms with Gasteiger partial charge >= 0.3 is 6.09 Å². The molecule has 0 radical (unpaired) electrons. The Morgan fingerprint density at radius 1 is 1.28 bits per heavy atom. The van der Waals surface area contributed by atoms with E-state index in [0.717, 1.165) is 12.1 Å². The van der Waals surface area contributed by atoms with Gasteiger partial charge in [-0.1, -0.05) is 0 Å². The number of hydrogen-bond acceptors (Lipinski definition) is 2. The van der Waals surface area contributed by atoms with E-state index in [0.29, 0.717) is 6.54 Å². The first-order valence-corrected chi connectivity index (χ1v) is 5.57. The van der Waals surface area contributed by atoms with Gasteiger partial charge in [0.2, 0.25) is 0 Å². The smallest absolute Gasteiger partial charge is 0.410 e. The van der Waals surface area contributed by atoms with Crippen LogP contribution in [0.5, 0.6) is 0 Å². The molecule has 1 heterocycles. The number of nitrogens with zero attached hydrogens (tertiary/aromatic N) is 1. The van der Waals surface area contributed by atoms with Crippen molar-refractivity contribution in [1.82, 2.24) is 4.90 Å². The second kappa shape index (κ2) is 4.51. The predicted octanol–water partition coefficient (Wildman–Crippen LogP) is 3.01. The van der Waals surface area contributed by atoms with Gasteiger partial charge in [-0.15, -0.1) is 0 Å². The zero-order chi connectivity index (χ0) is 13.4. The molecule has 1 aromatic rings. The zero-order valence-electron chi connectivity index (χ0n) is 9.91. The van der Waals surface area contributed by atoms with Gasteiger partial charge < -0.3 is 9.64 Å². The third kappa shape index (κ3) is 1.91. The molecule has 0 aromatic heterocycles. The Bertz CT molecular complexity index is 469. The third-order valence-electron chi connectivity index (χ3n) is 3.07. The summed E-state index contributed by atoms with van der Waals surface area (Å²) in [5.41, 5.74) is 0.114. The van der Waals surface area contributed by atoms with E-state index in [9.17, 15) is 18.0 Å². The third-order valence-corrected chi connectivity index (χ3v) is 3.07. The fourth-order valence-corrected chi connectivity index (χ4v) is 2.11. The van der Waals surface area contributed by atoms with E-state index in [4.69, 9.17) is 4.74 Å². The van der Waals surface area contributed by atoms with E-state index in [1.165, 1.54) is 4.90 Å². The highest BCUT2D eigenvalue weighted by Crippen LogP contribution is 2.33. The highest BCUT2D eigenvalue weighted by molar-refractivity contribution is 5.71. The van der Waals surface area contributed by atoms with Crippen LogP contribution in [-0.2, 0) is 4.74 Å². The molecule has 1 saturated heterocycles. The Kier molecular flexibility index (Phi) is 3.19. The van der Waals surface area contributed by atoms with E-state index < -0.39 is 29.6 Å². The number of ether oxygens (including phenoxy) is 1. The van der Waals surface area contributed by atoms with Crippen LogP contribution < -0.4 is 0 Å². The maximum absolute atomic E-state index is 13.1. The number of hydrogen-bond donors (Lipinski definition) is 0. The van der Waals surface area contributed by atoms with Crippen LogP contribution in [0.15, 0.2) is 12.1 Å². The summed E-state index contributed by atoms with van der Waals surface area (Å²) in [5, 5.41) is 0. The fraction of sp³-hybridized carbons (Fsp3) is 0.417. The van der Waals surface area contributed by atoms with Crippen molar-refractivity contribution in [2.45, 2.75) is 26.0 Å². The summed E-state index contributed by atoms with van der Waals surface area (Å²) in [7, 11) is 0. The average Bonchev–Trinajstić information content (AvgIpc) is 2.60. The minimum Gasteiger partial charge on any atom is -0.439 e. The predicted molar refractivity (Wildman–Crippen MR) is 57.4 cm³/mol. The Labute approximate surface area is 102 Å². The molecule has 1 aliphatic heterocycles. The molecule has 1 amide bonds. The number of likely N-dealkylation sites (N-methyl/N-ethyl adjacent to an activating group) is 1. The number of carbonyl (C=O) groups is 1. The summed E-state index contributed by atoms with van der Waals surface area (Å²) in [6, 6.07) is 1.35. The molecule has 1 aromatic carbocycles. The molecule has 2 rings (SSSR count). The number of carbonyl (C=O) groups excluding carboxylic acids is 1. The molecular weight excluding hydrogens is 247 g/mol. The zero-order valence-corrected chi connectivity index (χ0v) is 9.91. The van der Waals surface area contributed by atoms with Crippen LogP contribution in [0.3, 0.4) is 0 Å². The molecule has 0 bridgehead atoms. The lowest BCUT2D eigenvalue weighted by atomic mass is 10.0. The Hall–Kier alpha value is -1.72. The molecule has 6 heteroatoms. The first-order chi connectivity index (χ1) is 8.45. The minimum absolute atomic E-state index is 0.114. The van der Waals surface area contributed by atoms with Gasteiger partial charge in [0.1, 0.15) is 6.10 Å². The lowest BCUT2D eigenvalue weighted by Crippen LogP contribution is -2.31. The van der Waals surface area contributed by atoms with Gasteiger partial charge in [-0.2, -0.15) is 0 Å². The van der Waals surface area contributed by atoms with Gasteiger partial charge in [-0.05, 0) is 26.0 Å². The Morgan fingerprint density at radius 2 is 1.83 bits per heavy atom. The van der Waals surface area contributed by atoms with E-state index in [1.54, 1.807) is 13.8 Å². The van der Waals surface area contributed by atoms with Crippen LogP contribution >= 0.6 is 0 Å². The van der Waals surface area contributed by atoms with Gasteiger partial charge in [0.25, 0.3) is 0 Å². The number of cyclic esters (lactones) is 1. The number of halogens is 3. The van der Waals surface area contributed by atoms with E-state index in [1.807, 2.05) is 0 Å². The molecule has 3 nitrogen and oxygen atoms in total. The highest BCUT2D eigenvalue weighted by Gasteiger charge is 2.39. The van der Waals surface area contributed by atoms with Crippen LogP contribution in [0.25, 0.3) is 0 Å². The summed E-state index contributed by atoms with van der Waals surface area (Å²) in [6.45, 7) is 3.91. The molecule has 98 valence electrons. The Morgan fingerprint density at radius 3 is 2.28 bits per heavy atom. The molecule has 1 aliphatic rings. The van der Waals surface area contributed by atoms with Crippen LogP contribution in [0.2, 0.25) is 0 Å². The van der Waals surface area contributed by atoms with Crippen molar-refractivity contribution in [2.75, 3.05) is 6.54 Å². The lowest BCUT2D eigenvalue weighted by Gasteiger charge is -2.19. The van der Waals surface area contributed by atoms with Crippen LogP contribution in [0.1, 0.15) is 25.5 Å². The molecule has 0 saturated carbocycles. The normalized spacial score (nSPS) is 23.4. The fourth-order valence-electron chi connectivity index (χ4n) is 2.11. The molecule has 2 atom stereocenters. The summed E-state index contributed by atoms with van der Waals surface area (Å²) in [4.78, 5) is 12.9. The van der Waals surface area contributed by atoms with Gasteiger partial charge in [0.15, 0.2) is 17.5 Å². The summed E-state index contributed by atoms with van der Waals surface area (Å²) < 4.78 is 44.1. The van der Waals surface area contributed by atoms with Crippen LogP contribution in [0.4, 0.5) is 18.0 Å². The lowest BCUT2D eigenvalue weighted by molar-refractivity contribution is 0.130.